The van der Waals surface area contributed by atoms with Crippen LogP contribution >= 0.6 is 8.53 Å². The van der Waals surface area contributed by atoms with Gasteiger partial charge in [-0.2, -0.15) is 10.2 Å². The number of aromatic amines is 1. The Morgan fingerprint density at radius 2 is 1.60 bits per heavy atom. The summed E-state index contributed by atoms with van der Waals surface area (Å²) in [5, 5.41) is 12.2. The van der Waals surface area contributed by atoms with Crippen molar-refractivity contribution in [3.8, 4) is 17.6 Å². The molecular weight excluding hydrogens is 814 g/mol. The van der Waals surface area contributed by atoms with Gasteiger partial charge in [-0.15, -0.1) is 0 Å². The number of benzene rings is 3. The molecule has 4 unspecified atom stereocenters. The van der Waals surface area contributed by atoms with Gasteiger partial charge >= 0.3 is 0 Å². The Bertz CT molecular complexity index is 2350. The molecule has 2 bridgehead atoms. The Morgan fingerprint density at radius 3 is 2.16 bits per heavy atom. The van der Waals surface area contributed by atoms with Crippen molar-refractivity contribution in [2.45, 2.75) is 89.7 Å². The lowest BCUT2D eigenvalue weighted by molar-refractivity contribution is -0.202. The number of imidazole rings is 1. The standard InChI is InChI=1S/C45H54N7O9P/c1-28(2)40(53)49-43-48-39-36(41(54)50-43)47-27-51(39)42-37-38(61-62(59-24-12-23-46)52(29(3)4)30(5)6)44(60-42,25-57-37)26-58-45(31-13-10-9-11-14-31,32-15-19-34(55-7)20-16-32)33-17-21-35(56-8)22-18-33/h9-11,13-22,27-30,37-38,42H,12,24-26H2,1-8H3,(H2,48,49,50,53,54)/t37?,38?,42?,44-,62?/m0/s1. The largest absolute Gasteiger partial charge is 0.497 e. The van der Waals surface area contributed by atoms with Gasteiger partial charge in [0.1, 0.15) is 34.9 Å². The highest BCUT2D eigenvalue weighted by Gasteiger charge is 2.65. The third kappa shape index (κ3) is 8.71. The maximum atomic E-state index is 13.3. The summed E-state index contributed by atoms with van der Waals surface area (Å²) in [5.41, 5.74) is -0.305. The van der Waals surface area contributed by atoms with E-state index in [9.17, 15) is 14.9 Å². The van der Waals surface area contributed by atoms with Crippen LogP contribution in [0.2, 0.25) is 0 Å². The normalized spacial score (nSPS) is 20.3. The number of nitrogens with zero attached hydrogens (tertiary/aromatic N) is 5. The highest BCUT2D eigenvalue weighted by molar-refractivity contribution is 7.44. The quantitative estimate of drug-likeness (QED) is 0.0489. The molecule has 328 valence electrons. The molecule has 16 nitrogen and oxygen atoms in total. The summed E-state index contributed by atoms with van der Waals surface area (Å²) in [6.07, 6.45) is -0.846. The number of hydrogen-bond acceptors (Lipinski definition) is 13. The van der Waals surface area contributed by atoms with Crippen molar-refractivity contribution in [1.82, 2.24) is 24.2 Å². The minimum Gasteiger partial charge on any atom is -0.497 e. The second kappa shape index (κ2) is 19.0. The van der Waals surface area contributed by atoms with Crippen LogP contribution in [-0.2, 0) is 33.7 Å². The van der Waals surface area contributed by atoms with Crippen molar-refractivity contribution in [2.75, 3.05) is 39.4 Å². The molecule has 17 heteroatoms. The van der Waals surface area contributed by atoms with Crippen molar-refractivity contribution >= 4 is 31.5 Å². The zero-order chi connectivity index (χ0) is 44.2. The molecule has 0 aliphatic carbocycles. The molecule has 2 fully saturated rings. The monoisotopic (exact) mass is 867 g/mol. The van der Waals surface area contributed by atoms with Crippen molar-refractivity contribution in [3.63, 3.8) is 0 Å². The zero-order valence-corrected chi connectivity index (χ0v) is 37.1. The lowest BCUT2D eigenvalue weighted by atomic mass is 9.79. The average molecular weight is 868 g/mol. The summed E-state index contributed by atoms with van der Waals surface area (Å²) >= 11 is 0. The molecule has 2 aliphatic heterocycles. The number of carbonyl (C=O) groups excluding carboxylic acids is 1. The molecule has 0 spiro atoms. The minimum atomic E-state index is -1.79. The highest BCUT2D eigenvalue weighted by atomic mass is 31.2. The van der Waals surface area contributed by atoms with E-state index >= 15 is 0 Å². The average Bonchev–Trinajstić information content (AvgIpc) is 3.94. The molecule has 0 radical (unpaired) electrons. The first-order valence-corrected chi connectivity index (χ1v) is 21.8. The van der Waals surface area contributed by atoms with Gasteiger partial charge in [0.25, 0.3) is 14.1 Å². The lowest BCUT2D eigenvalue weighted by Gasteiger charge is -2.41. The fraction of sp³-hybridized carbons (Fsp3) is 0.444. The van der Waals surface area contributed by atoms with Crippen LogP contribution in [0.3, 0.4) is 0 Å². The number of ether oxygens (including phenoxy) is 5. The van der Waals surface area contributed by atoms with Crippen molar-refractivity contribution in [2.24, 2.45) is 5.92 Å². The summed E-state index contributed by atoms with van der Waals surface area (Å²) in [6, 6.07) is 27.7. The molecule has 2 aliphatic rings. The molecule has 62 heavy (non-hydrogen) atoms. The number of methoxy groups -OCH3 is 2. The Morgan fingerprint density at radius 1 is 0.984 bits per heavy atom. The van der Waals surface area contributed by atoms with Gasteiger partial charge in [-0.3, -0.25) is 24.5 Å². The summed E-state index contributed by atoms with van der Waals surface area (Å²) in [5.74, 6) is 0.665. The van der Waals surface area contributed by atoms with Gasteiger partial charge in [-0.25, -0.2) is 9.65 Å². The van der Waals surface area contributed by atoms with E-state index in [2.05, 4.69) is 58.7 Å². The van der Waals surface area contributed by atoms with Gasteiger partial charge in [0.2, 0.25) is 11.9 Å². The first-order chi connectivity index (χ1) is 29.8. The number of nitriles is 1. The van der Waals surface area contributed by atoms with E-state index in [0.717, 1.165) is 16.7 Å². The van der Waals surface area contributed by atoms with E-state index in [1.165, 1.54) is 6.33 Å². The number of aromatic nitrogens is 4. The van der Waals surface area contributed by atoms with Crippen LogP contribution in [0, 0.1) is 17.2 Å². The number of anilines is 1. The minimum absolute atomic E-state index is 0.0101. The fourth-order valence-corrected chi connectivity index (χ4v) is 9.82. The summed E-state index contributed by atoms with van der Waals surface area (Å²) in [7, 11) is 1.45. The molecule has 5 aromatic rings. The maximum absolute atomic E-state index is 13.3. The van der Waals surface area contributed by atoms with Crippen LogP contribution < -0.4 is 20.3 Å². The topological polar surface area (TPSA) is 184 Å². The Kier molecular flexibility index (Phi) is 13.7. The first-order valence-electron chi connectivity index (χ1n) is 20.7. The van der Waals surface area contributed by atoms with Gasteiger partial charge in [0.15, 0.2) is 17.4 Å². The molecule has 2 aromatic heterocycles. The number of rotatable bonds is 19. The Balaban J connectivity index is 1.37. The van der Waals surface area contributed by atoms with Gasteiger partial charge in [-0.1, -0.05) is 68.4 Å². The Hall–Kier alpha value is -5.24. The molecule has 4 heterocycles. The van der Waals surface area contributed by atoms with Crippen LogP contribution in [-0.4, -0.2) is 94.0 Å². The molecular formula is C45H54N7O9P. The van der Waals surface area contributed by atoms with Gasteiger partial charge in [-0.05, 0) is 68.7 Å². The second-order valence-corrected chi connectivity index (χ2v) is 17.5. The first kappa shape index (κ1) is 44.8. The SMILES string of the molecule is COc1ccc(C(OC[C@]23COC(C(n4cnc5c(=O)[nH]c(NC(=O)C(C)C)nc54)O2)C3OP(OCCC#N)N(C(C)C)C(C)C)(c2ccccc2)c2ccc(OC)cc2)cc1. The predicted octanol–water partition coefficient (Wildman–Crippen LogP) is 7.07. The third-order valence-electron chi connectivity index (χ3n) is 11.0. The molecule has 7 rings (SSSR count). The molecule has 1 amide bonds. The van der Waals surface area contributed by atoms with Crippen LogP contribution in [0.15, 0.2) is 90.0 Å². The van der Waals surface area contributed by atoms with Crippen LogP contribution in [0.25, 0.3) is 11.2 Å². The zero-order valence-electron chi connectivity index (χ0n) is 36.2. The molecule has 0 saturated carbocycles. The third-order valence-corrected chi connectivity index (χ3v) is 13.1. The van der Waals surface area contributed by atoms with E-state index < -0.39 is 43.7 Å². The van der Waals surface area contributed by atoms with Gasteiger partial charge in [0.05, 0.1) is 52.9 Å². The molecule has 3 aromatic carbocycles. The number of carbonyl (C=O) groups is 1. The molecule has 2 N–H and O–H groups in total. The highest BCUT2D eigenvalue weighted by Crippen LogP contribution is 2.56. The molecule has 5 atom stereocenters. The Labute approximate surface area is 362 Å². The summed E-state index contributed by atoms with van der Waals surface area (Å²) < 4.78 is 49.8. The van der Waals surface area contributed by atoms with Crippen LogP contribution in [0.1, 0.15) is 70.9 Å². The van der Waals surface area contributed by atoms with Crippen molar-refractivity contribution in [3.05, 3.63) is 112 Å². The number of H-pyrrole nitrogens is 1. The van der Waals surface area contributed by atoms with E-state index in [4.69, 9.17) is 32.7 Å². The number of fused-ring (bicyclic) bond motifs is 3. The summed E-state index contributed by atoms with van der Waals surface area (Å²) in [6.45, 7) is 11.9. The number of nitrogens with one attached hydrogen (secondary N) is 2. The maximum Gasteiger partial charge on any atom is 0.280 e. The van der Waals surface area contributed by atoms with E-state index in [1.807, 2.05) is 78.9 Å². The fourth-order valence-electron chi connectivity index (χ4n) is 8.00. The number of hydrogen-bond donors (Lipinski definition) is 2. The predicted molar refractivity (Wildman–Crippen MR) is 233 cm³/mol. The van der Waals surface area contributed by atoms with E-state index in [0.29, 0.717) is 11.5 Å². The number of amides is 1. The van der Waals surface area contributed by atoms with E-state index in [1.54, 1.807) is 32.6 Å². The van der Waals surface area contributed by atoms with Gasteiger partial charge in [0, 0.05) is 18.0 Å². The van der Waals surface area contributed by atoms with E-state index in [-0.39, 0.29) is 67.3 Å². The van der Waals surface area contributed by atoms with Crippen molar-refractivity contribution < 1.29 is 37.5 Å². The second-order valence-electron chi connectivity index (χ2n) is 16.1. The van der Waals surface area contributed by atoms with Gasteiger partial charge < -0.3 is 32.7 Å². The van der Waals surface area contributed by atoms with Crippen LogP contribution in [0.5, 0.6) is 11.5 Å². The molecule has 2 saturated heterocycles. The smallest absolute Gasteiger partial charge is 0.280 e. The summed E-state index contributed by atoms with van der Waals surface area (Å²) in [4.78, 5) is 37.7. The lowest BCUT2D eigenvalue weighted by Crippen LogP contribution is -2.49. The van der Waals surface area contributed by atoms with Crippen molar-refractivity contribution in [1.29, 1.82) is 5.26 Å². The van der Waals surface area contributed by atoms with Crippen LogP contribution in [0.4, 0.5) is 5.95 Å².